The van der Waals surface area contributed by atoms with E-state index in [9.17, 15) is 24.8 Å². The van der Waals surface area contributed by atoms with Crippen LogP contribution in [0.15, 0.2) is 72.8 Å². The summed E-state index contributed by atoms with van der Waals surface area (Å²) in [5, 5.41) is 22.8. The van der Waals surface area contributed by atoms with Crippen molar-refractivity contribution in [2.75, 3.05) is 6.61 Å². The average Bonchev–Trinajstić information content (AvgIpc) is 3.11. The number of hydrogen-bond donors (Lipinski definition) is 2. The number of alkyl carbamates (subject to hydrolysis) is 1. The maximum absolute atomic E-state index is 12.5. The summed E-state index contributed by atoms with van der Waals surface area (Å²) in [5.41, 5.74) is 4.43. The maximum Gasteiger partial charge on any atom is 0.407 e. The second kappa shape index (κ2) is 8.89. The number of amides is 1. The van der Waals surface area contributed by atoms with E-state index in [1.54, 1.807) is 0 Å². The smallest absolute Gasteiger partial charge is 0.407 e. The Hall–Kier alpha value is -4.20. The molecule has 4 rings (SSSR count). The number of nitrogens with zero attached hydrogens (tertiary/aromatic N) is 1. The second-order valence-electron chi connectivity index (χ2n) is 7.47. The van der Waals surface area contributed by atoms with Gasteiger partial charge in [0.2, 0.25) is 0 Å². The lowest BCUT2D eigenvalue weighted by atomic mass is 9.98. The summed E-state index contributed by atoms with van der Waals surface area (Å²) in [4.78, 5) is 34.3. The van der Waals surface area contributed by atoms with Gasteiger partial charge in [0.25, 0.3) is 5.69 Å². The Labute approximate surface area is 183 Å². The summed E-state index contributed by atoms with van der Waals surface area (Å²) in [6, 6.07) is 20.4. The summed E-state index contributed by atoms with van der Waals surface area (Å²) in [6.45, 7) is 0.0780. The fourth-order valence-electron chi connectivity index (χ4n) is 4.06. The van der Waals surface area contributed by atoms with Crippen LogP contribution < -0.4 is 5.32 Å². The van der Waals surface area contributed by atoms with Crippen LogP contribution in [-0.2, 0) is 9.53 Å². The number of carboxylic acid groups (broad SMARTS) is 1. The first-order valence-corrected chi connectivity index (χ1v) is 10.0. The molecule has 3 aromatic carbocycles. The minimum Gasteiger partial charge on any atom is -0.481 e. The van der Waals surface area contributed by atoms with Crippen LogP contribution in [0.4, 0.5) is 10.5 Å². The van der Waals surface area contributed by atoms with Crippen molar-refractivity contribution in [3.63, 3.8) is 0 Å². The van der Waals surface area contributed by atoms with Crippen molar-refractivity contribution in [1.29, 1.82) is 0 Å². The highest BCUT2D eigenvalue weighted by molar-refractivity contribution is 5.79. The standard InChI is InChI=1S/C24H20N2O6/c27-23(28)13-22(15-6-5-7-16(12-15)26(30)31)25-24(29)32-14-21-19-10-3-1-8-17(19)18-9-2-4-11-20(18)21/h1-12,21-22H,13-14H2,(H,25,29)(H,27,28)/t22-/m0/s1. The number of nitrogens with one attached hydrogen (secondary N) is 1. The zero-order valence-corrected chi connectivity index (χ0v) is 16.9. The molecule has 1 aliphatic carbocycles. The van der Waals surface area contributed by atoms with Gasteiger partial charge in [-0.1, -0.05) is 60.7 Å². The Kier molecular flexibility index (Phi) is 5.85. The van der Waals surface area contributed by atoms with Crippen LogP contribution in [0.25, 0.3) is 11.1 Å². The first-order valence-electron chi connectivity index (χ1n) is 10.0. The van der Waals surface area contributed by atoms with E-state index in [4.69, 9.17) is 4.74 Å². The third-order valence-electron chi connectivity index (χ3n) is 5.50. The Morgan fingerprint density at radius 1 is 1.00 bits per heavy atom. The van der Waals surface area contributed by atoms with Crippen molar-refractivity contribution in [2.45, 2.75) is 18.4 Å². The number of rotatable bonds is 7. The molecule has 1 atom stereocenters. The number of nitro benzene ring substituents is 1. The van der Waals surface area contributed by atoms with Crippen LogP contribution in [0.2, 0.25) is 0 Å². The minimum atomic E-state index is -1.15. The van der Waals surface area contributed by atoms with Crippen LogP contribution in [0.5, 0.6) is 0 Å². The van der Waals surface area contributed by atoms with Gasteiger partial charge in [-0.2, -0.15) is 0 Å². The summed E-state index contributed by atoms with van der Waals surface area (Å²) in [7, 11) is 0. The van der Waals surface area contributed by atoms with E-state index in [-0.39, 0.29) is 18.2 Å². The van der Waals surface area contributed by atoms with E-state index in [0.29, 0.717) is 5.56 Å². The van der Waals surface area contributed by atoms with Gasteiger partial charge in [-0.15, -0.1) is 0 Å². The SMILES string of the molecule is O=C(O)C[C@H](NC(=O)OCC1c2ccccc2-c2ccccc21)c1cccc([N+](=O)[O-])c1. The topological polar surface area (TPSA) is 119 Å². The molecule has 0 saturated heterocycles. The summed E-state index contributed by atoms with van der Waals surface area (Å²) < 4.78 is 5.47. The highest BCUT2D eigenvalue weighted by Gasteiger charge is 2.29. The number of aliphatic carboxylic acids is 1. The van der Waals surface area contributed by atoms with Crippen LogP contribution >= 0.6 is 0 Å². The zero-order valence-electron chi connectivity index (χ0n) is 16.9. The van der Waals surface area contributed by atoms with Gasteiger partial charge in [-0.25, -0.2) is 4.79 Å². The van der Waals surface area contributed by atoms with E-state index in [2.05, 4.69) is 5.32 Å². The molecule has 1 aliphatic rings. The van der Waals surface area contributed by atoms with Gasteiger partial charge < -0.3 is 15.2 Å². The normalized spacial score (nSPS) is 13.0. The molecule has 0 fully saturated rings. The first kappa shape index (κ1) is 21.0. The molecule has 8 heteroatoms. The highest BCUT2D eigenvalue weighted by Crippen LogP contribution is 2.44. The zero-order chi connectivity index (χ0) is 22.7. The van der Waals surface area contributed by atoms with Gasteiger partial charge in [-0.3, -0.25) is 14.9 Å². The van der Waals surface area contributed by atoms with E-state index in [0.717, 1.165) is 22.3 Å². The van der Waals surface area contributed by atoms with Crippen LogP contribution in [0.3, 0.4) is 0 Å². The number of ether oxygens (including phenoxy) is 1. The number of nitro groups is 1. The van der Waals surface area contributed by atoms with Gasteiger partial charge in [-0.05, 0) is 27.8 Å². The predicted molar refractivity (Wildman–Crippen MR) is 116 cm³/mol. The summed E-state index contributed by atoms with van der Waals surface area (Å²) in [6.07, 6.45) is -1.23. The molecule has 0 aromatic heterocycles. The number of hydrogen-bond acceptors (Lipinski definition) is 5. The van der Waals surface area contributed by atoms with Gasteiger partial charge in [0.05, 0.1) is 17.4 Å². The molecule has 0 bridgehead atoms. The molecule has 0 radical (unpaired) electrons. The van der Waals surface area contributed by atoms with E-state index in [1.807, 2.05) is 48.5 Å². The highest BCUT2D eigenvalue weighted by atomic mass is 16.6. The molecular weight excluding hydrogens is 412 g/mol. The number of benzene rings is 3. The van der Waals surface area contributed by atoms with Crippen molar-refractivity contribution >= 4 is 17.7 Å². The number of non-ortho nitro benzene ring substituents is 1. The van der Waals surface area contributed by atoms with Crippen LogP contribution in [-0.4, -0.2) is 28.7 Å². The van der Waals surface area contributed by atoms with Gasteiger partial charge >= 0.3 is 12.1 Å². The molecule has 0 aliphatic heterocycles. The molecule has 8 nitrogen and oxygen atoms in total. The molecule has 32 heavy (non-hydrogen) atoms. The lowest BCUT2D eigenvalue weighted by Crippen LogP contribution is -2.31. The summed E-state index contributed by atoms with van der Waals surface area (Å²) in [5.74, 6) is -1.29. The van der Waals surface area contributed by atoms with Gasteiger partial charge in [0.15, 0.2) is 0 Å². The third-order valence-corrected chi connectivity index (χ3v) is 5.50. The van der Waals surface area contributed by atoms with Crippen molar-refractivity contribution in [3.8, 4) is 11.1 Å². The number of carbonyl (C=O) groups is 2. The number of carbonyl (C=O) groups excluding carboxylic acids is 1. The monoisotopic (exact) mass is 432 g/mol. The lowest BCUT2D eigenvalue weighted by Gasteiger charge is -2.19. The number of fused-ring (bicyclic) bond motifs is 3. The van der Waals surface area contributed by atoms with Gasteiger partial charge in [0, 0.05) is 18.1 Å². The van der Waals surface area contributed by atoms with E-state index >= 15 is 0 Å². The lowest BCUT2D eigenvalue weighted by molar-refractivity contribution is -0.384. The average molecular weight is 432 g/mol. The largest absolute Gasteiger partial charge is 0.481 e. The molecule has 0 spiro atoms. The van der Waals surface area contributed by atoms with Crippen molar-refractivity contribution in [2.24, 2.45) is 0 Å². The first-order chi connectivity index (χ1) is 15.4. The third kappa shape index (κ3) is 4.29. The van der Waals surface area contributed by atoms with Gasteiger partial charge in [0.1, 0.15) is 6.61 Å². The molecule has 0 unspecified atom stereocenters. The number of carboxylic acids is 1. The van der Waals surface area contributed by atoms with Crippen molar-refractivity contribution in [3.05, 3.63) is 99.6 Å². The maximum atomic E-state index is 12.5. The Bertz CT molecular complexity index is 1150. The Morgan fingerprint density at radius 2 is 1.62 bits per heavy atom. The molecule has 0 heterocycles. The van der Waals surface area contributed by atoms with E-state index in [1.165, 1.54) is 24.3 Å². The second-order valence-corrected chi connectivity index (χ2v) is 7.47. The molecule has 162 valence electrons. The fraction of sp³-hybridized carbons (Fsp3) is 0.167. The van der Waals surface area contributed by atoms with E-state index < -0.39 is 29.4 Å². The molecule has 2 N–H and O–H groups in total. The molecule has 1 amide bonds. The molecule has 0 saturated carbocycles. The Balaban J connectivity index is 1.49. The van der Waals surface area contributed by atoms with Crippen LogP contribution in [0.1, 0.15) is 35.1 Å². The van der Waals surface area contributed by atoms with Crippen molar-refractivity contribution < 1.29 is 24.4 Å². The summed E-state index contributed by atoms with van der Waals surface area (Å²) >= 11 is 0. The minimum absolute atomic E-state index is 0.0780. The predicted octanol–water partition coefficient (Wildman–Crippen LogP) is 4.65. The molecule has 3 aromatic rings. The Morgan fingerprint density at radius 3 is 2.22 bits per heavy atom. The van der Waals surface area contributed by atoms with Crippen LogP contribution in [0, 0.1) is 10.1 Å². The quantitative estimate of drug-likeness (QED) is 0.414. The molecular formula is C24H20N2O6. The van der Waals surface area contributed by atoms with Crippen molar-refractivity contribution in [1.82, 2.24) is 5.32 Å². The fourth-order valence-corrected chi connectivity index (χ4v) is 4.06.